The molecule has 12 heteroatoms. The highest BCUT2D eigenvalue weighted by Crippen LogP contribution is 2.15. The van der Waals surface area contributed by atoms with Crippen LogP contribution >= 0.6 is 0 Å². The Labute approximate surface area is 104 Å². The van der Waals surface area contributed by atoms with Crippen molar-refractivity contribution in [2.45, 2.75) is 24.7 Å². The van der Waals surface area contributed by atoms with Crippen LogP contribution in [-0.2, 0) is 29.6 Å². The molecule has 0 aromatic heterocycles. The number of aliphatic hydroxyl groups is 1. The summed E-state index contributed by atoms with van der Waals surface area (Å²) < 4.78 is 72.3. The van der Waals surface area contributed by atoms with Crippen LogP contribution in [0.3, 0.4) is 0 Å². The maximum atomic E-state index is 10.4. The molecule has 0 aromatic carbocycles. The third-order valence-electron chi connectivity index (χ3n) is 2.17. The van der Waals surface area contributed by atoms with Gasteiger partial charge in [0.25, 0.3) is 0 Å². The Balaban J connectivity index is 2.46. The van der Waals surface area contributed by atoms with Crippen LogP contribution in [0.1, 0.15) is 6.42 Å². The van der Waals surface area contributed by atoms with Crippen molar-refractivity contribution in [1.29, 1.82) is 0 Å². The third-order valence-corrected chi connectivity index (χ3v) is 3.19. The second-order valence-corrected chi connectivity index (χ2v) is 5.83. The summed E-state index contributed by atoms with van der Waals surface area (Å²) in [4.78, 5) is 0. The van der Waals surface area contributed by atoms with Crippen LogP contribution in [0.2, 0.25) is 0 Å². The van der Waals surface area contributed by atoms with Crippen molar-refractivity contribution in [2.75, 3.05) is 13.2 Å². The van der Waals surface area contributed by atoms with Crippen molar-refractivity contribution < 1.29 is 40.0 Å². The quantitative estimate of drug-likeness (QED) is 0.398. The first-order chi connectivity index (χ1) is 8.07. The Kier molecular flexibility index (Phi) is 5.02. The number of hydrogen-bond donors (Lipinski definition) is 2. The van der Waals surface area contributed by atoms with Crippen LogP contribution in [0, 0.1) is 0 Å². The van der Waals surface area contributed by atoms with Crippen LogP contribution in [0.15, 0.2) is 0 Å². The molecule has 3 unspecified atom stereocenters. The first-order valence-corrected chi connectivity index (χ1v) is 7.44. The molecule has 1 fully saturated rings. The molecule has 0 radical (unpaired) electrons. The molecule has 0 amide bonds. The van der Waals surface area contributed by atoms with E-state index >= 15 is 0 Å². The van der Waals surface area contributed by atoms with Gasteiger partial charge in [0.1, 0.15) is 0 Å². The lowest BCUT2D eigenvalue weighted by Crippen LogP contribution is -2.52. The number of hydrogen-bond acceptors (Lipinski definition) is 9. The van der Waals surface area contributed by atoms with Gasteiger partial charge in [-0.15, -0.1) is 0 Å². The van der Waals surface area contributed by atoms with Crippen LogP contribution in [-0.4, -0.2) is 62.5 Å². The molecule has 0 aliphatic carbocycles. The van der Waals surface area contributed by atoms with E-state index in [0.29, 0.717) is 0 Å². The van der Waals surface area contributed by atoms with E-state index in [0.717, 1.165) is 0 Å². The van der Waals surface area contributed by atoms with Crippen molar-refractivity contribution in [3.8, 4) is 0 Å². The molecule has 2 N–H and O–H groups in total. The Morgan fingerprint density at radius 2 is 1.94 bits per heavy atom. The minimum absolute atomic E-state index is 0.178. The number of aliphatic hydroxyl groups excluding tert-OH is 1. The average Bonchev–Trinajstić information content (AvgIpc) is 2.15. The molecule has 1 rings (SSSR count). The van der Waals surface area contributed by atoms with Crippen molar-refractivity contribution in [2.24, 2.45) is 0 Å². The normalized spacial score (nSPS) is 30.3. The van der Waals surface area contributed by atoms with Gasteiger partial charge in [0.15, 0.2) is 10.3 Å². The molecule has 1 heterocycles. The topological polar surface area (TPSA) is 165 Å². The molecular weight excluding hydrogens is 294 g/mol. The molecule has 10 nitrogen and oxygen atoms in total. The lowest BCUT2D eigenvalue weighted by Gasteiger charge is -2.34. The summed E-state index contributed by atoms with van der Waals surface area (Å²) in [5, 5.41) is 9.50. The largest absolute Gasteiger partial charge is 0.735 e. The zero-order valence-corrected chi connectivity index (χ0v) is 10.5. The highest BCUT2D eigenvalue weighted by Gasteiger charge is 2.31. The SMILES string of the molecule is O=S(=O)([O-])NC1COC(COS(=O)(=O)[O-])CC1O. The minimum atomic E-state index is -4.86. The fourth-order valence-corrected chi connectivity index (χ4v) is 2.34. The van der Waals surface area contributed by atoms with E-state index in [9.17, 15) is 31.0 Å². The van der Waals surface area contributed by atoms with Gasteiger partial charge in [-0.25, -0.2) is 21.6 Å². The standard InChI is InChI=1S/C6H13NO9S2/c8-6-1-4(2-16-18(12,13)14)15-3-5(6)7-17(9,10)11/h4-8H,1-3H2,(H,9,10,11)(H,12,13,14)/p-2. The maximum Gasteiger partial charge on any atom is 0.217 e. The van der Waals surface area contributed by atoms with E-state index in [-0.39, 0.29) is 13.0 Å². The van der Waals surface area contributed by atoms with E-state index in [1.807, 2.05) is 0 Å². The summed E-state index contributed by atoms with van der Waals surface area (Å²) in [6, 6.07) is -1.12. The Bertz CT molecular complexity index is 471. The van der Waals surface area contributed by atoms with Gasteiger partial charge in [-0.2, -0.15) is 0 Å². The highest BCUT2D eigenvalue weighted by atomic mass is 32.3. The molecule has 18 heavy (non-hydrogen) atoms. The van der Waals surface area contributed by atoms with Crippen molar-refractivity contribution >= 4 is 20.7 Å². The first-order valence-electron chi connectivity index (χ1n) is 4.70. The predicted molar refractivity (Wildman–Crippen MR) is 52.6 cm³/mol. The molecule has 0 saturated carbocycles. The molecule has 0 bridgehead atoms. The van der Waals surface area contributed by atoms with Crippen molar-refractivity contribution in [1.82, 2.24) is 4.72 Å². The second kappa shape index (κ2) is 5.75. The number of rotatable bonds is 5. The average molecular weight is 305 g/mol. The monoisotopic (exact) mass is 305 g/mol. The molecule has 1 aliphatic rings. The predicted octanol–water partition coefficient (Wildman–Crippen LogP) is -2.97. The summed E-state index contributed by atoms with van der Waals surface area (Å²) in [6.07, 6.45) is -2.30. The summed E-state index contributed by atoms with van der Waals surface area (Å²) >= 11 is 0. The van der Waals surface area contributed by atoms with Gasteiger partial charge in [0.2, 0.25) is 10.4 Å². The van der Waals surface area contributed by atoms with Gasteiger partial charge < -0.3 is 18.9 Å². The van der Waals surface area contributed by atoms with Crippen molar-refractivity contribution in [3.63, 3.8) is 0 Å². The van der Waals surface area contributed by atoms with Crippen LogP contribution in [0.4, 0.5) is 0 Å². The van der Waals surface area contributed by atoms with Gasteiger partial charge >= 0.3 is 0 Å². The van der Waals surface area contributed by atoms with Gasteiger partial charge in [0, 0.05) is 6.42 Å². The van der Waals surface area contributed by atoms with Crippen LogP contribution in [0.25, 0.3) is 0 Å². The Morgan fingerprint density at radius 3 is 2.39 bits per heavy atom. The lowest BCUT2D eigenvalue weighted by atomic mass is 10.0. The van der Waals surface area contributed by atoms with E-state index in [2.05, 4.69) is 4.18 Å². The smallest absolute Gasteiger partial charge is 0.217 e. The highest BCUT2D eigenvalue weighted by molar-refractivity contribution is 7.83. The molecule has 1 aliphatic heterocycles. The van der Waals surface area contributed by atoms with Crippen LogP contribution in [0.5, 0.6) is 0 Å². The summed E-state index contributed by atoms with van der Waals surface area (Å²) in [5.41, 5.74) is 0. The van der Waals surface area contributed by atoms with Crippen LogP contribution < -0.4 is 4.72 Å². The maximum absolute atomic E-state index is 10.4. The fraction of sp³-hybridized carbons (Fsp3) is 1.00. The number of nitrogens with one attached hydrogen (secondary N) is 1. The first kappa shape index (κ1) is 15.7. The number of ether oxygens (including phenoxy) is 1. The van der Waals surface area contributed by atoms with E-state index in [4.69, 9.17) is 4.74 Å². The van der Waals surface area contributed by atoms with Gasteiger partial charge in [-0.1, -0.05) is 0 Å². The van der Waals surface area contributed by atoms with E-state index < -0.39 is 45.6 Å². The minimum Gasteiger partial charge on any atom is -0.735 e. The molecular formula is C6H11NO9S2-2. The second-order valence-electron chi connectivity index (χ2n) is 3.63. The fourth-order valence-electron chi connectivity index (χ4n) is 1.43. The Hall–Kier alpha value is -0.340. The summed E-state index contributed by atoms with van der Waals surface area (Å²) in [6.45, 7) is -0.921. The zero-order chi connectivity index (χ0) is 14.0. The van der Waals surface area contributed by atoms with Gasteiger partial charge in [-0.05, 0) is 0 Å². The van der Waals surface area contributed by atoms with E-state index in [1.165, 1.54) is 0 Å². The van der Waals surface area contributed by atoms with Gasteiger partial charge in [-0.3, -0.25) is 4.18 Å². The van der Waals surface area contributed by atoms with Crippen molar-refractivity contribution in [3.05, 3.63) is 0 Å². The third kappa shape index (κ3) is 6.01. The molecule has 3 atom stereocenters. The summed E-state index contributed by atoms with van der Waals surface area (Å²) in [5.74, 6) is 0. The molecule has 108 valence electrons. The molecule has 0 spiro atoms. The summed E-state index contributed by atoms with van der Waals surface area (Å²) in [7, 11) is -9.58. The van der Waals surface area contributed by atoms with Gasteiger partial charge in [0.05, 0.1) is 31.5 Å². The Morgan fingerprint density at radius 1 is 1.33 bits per heavy atom. The molecule has 0 aromatic rings. The zero-order valence-electron chi connectivity index (χ0n) is 8.88. The molecule has 1 saturated heterocycles. The lowest BCUT2D eigenvalue weighted by molar-refractivity contribution is -0.0759. The van der Waals surface area contributed by atoms with E-state index in [1.54, 1.807) is 4.72 Å².